The largest absolute Gasteiger partial charge is 0.465 e. The van der Waals surface area contributed by atoms with Crippen molar-refractivity contribution in [3.8, 4) is 0 Å². The topological polar surface area (TPSA) is 241 Å². The predicted molar refractivity (Wildman–Crippen MR) is 455 cm³/mol. The molecule has 0 unspecified atom stereocenters. The van der Waals surface area contributed by atoms with E-state index in [0.29, 0.717) is 58.1 Å². The average molecular weight is 1590 g/mol. The lowest BCUT2D eigenvalue weighted by Crippen LogP contribution is -2.44. The van der Waals surface area contributed by atoms with Gasteiger partial charge in [0, 0.05) is 137 Å². The fourth-order valence-corrected chi connectivity index (χ4v) is 9.11. The number of rotatable bonds is 68. The molecule has 2 aliphatic heterocycles. The van der Waals surface area contributed by atoms with Gasteiger partial charge in [-0.25, -0.2) is 14.4 Å². The summed E-state index contributed by atoms with van der Waals surface area (Å²) in [6.45, 7) is 51.2. The van der Waals surface area contributed by atoms with Crippen LogP contribution in [0.15, 0.2) is 88.6 Å². The number of methoxy groups -OCH3 is 5. The van der Waals surface area contributed by atoms with Crippen molar-refractivity contribution in [2.24, 2.45) is 10.8 Å². The van der Waals surface area contributed by atoms with Crippen LogP contribution in [0.1, 0.15) is 273 Å². The molecule has 0 aliphatic carbocycles. The summed E-state index contributed by atoms with van der Waals surface area (Å²) < 4.78 is 75.4. The number of carbonyl (C=O) groups is 6. The predicted octanol–water partition coefficient (Wildman–Crippen LogP) is 20.0. The van der Waals surface area contributed by atoms with Crippen molar-refractivity contribution < 1.29 is 99.8 Å². The monoisotopic (exact) mass is 1590 g/mol. The molecule has 2 heterocycles. The minimum Gasteiger partial charge on any atom is -0.465 e. The summed E-state index contributed by atoms with van der Waals surface area (Å²) in [5, 5.41) is 0. The Morgan fingerprint density at radius 2 is 0.595 bits per heavy atom. The number of esters is 4. The molecule has 2 rings (SSSR count). The summed E-state index contributed by atoms with van der Waals surface area (Å²) in [6, 6.07) is 0. The number of carbonyl (C=O) groups excluding carboxylic acids is 6. The van der Waals surface area contributed by atoms with Gasteiger partial charge in [0.2, 0.25) is 0 Å². The lowest BCUT2D eigenvalue weighted by Gasteiger charge is -2.37. The molecule has 0 spiro atoms. The lowest BCUT2D eigenvalue weighted by atomic mass is 9.90. The zero-order valence-electron chi connectivity index (χ0n) is 72.9. The first-order chi connectivity index (χ1) is 53.8. The quantitative estimate of drug-likeness (QED) is 0.0181. The van der Waals surface area contributed by atoms with Crippen molar-refractivity contribution in [2.45, 2.75) is 273 Å². The molecule has 0 aromatic heterocycles. The van der Waals surface area contributed by atoms with Crippen molar-refractivity contribution in [1.29, 1.82) is 0 Å². The van der Waals surface area contributed by atoms with E-state index >= 15 is 0 Å². The van der Waals surface area contributed by atoms with Crippen LogP contribution in [0.5, 0.6) is 0 Å². The summed E-state index contributed by atoms with van der Waals surface area (Å²) in [5.74, 6) is -1.14. The number of ketones is 2. The van der Waals surface area contributed by atoms with E-state index in [1.165, 1.54) is 140 Å². The van der Waals surface area contributed by atoms with Gasteiger partial charge < -0.3 is 71.1 Å². The van der Waals surface area contributed by atoms with E-state index in [1.807, 2.05) is 19.1 Å². The summed E-state index contributed by atoms with van der Waals surface area (Å²) in [7, 11) is 8.52. The summed E-state index contributed by atoms with van der Waals surface area (Å²) in [6.07, 6.45) is 50.8. The van der Waals surface area contributed by atoms with Crippen LogP contribution in [0.25, 0.3) is 0 Å². The van der Waals surface area contributed by atoms with Gasteiger partial charge in [0.1, 0.15) is 19.8 Å². The number of ether oxygens (including phenoxy) is 15. The fourth-order valence-electron chi connectivity index (χ4n) is 9.11. The molecular weight excluding hydrogens is 1420 g/mol. The first kappa shape index (κ1) is 119. The van der Waals surface area contributed by atoms with Crippen molar-refractivity contribution >= 4 is 35.4 Å². The molecule has 0 saturated carbocycles. The van der Waals surface area contributed by atoms with Crippen molar-refractivity contribution in [2.75, 3.05) is 174 Å². The molecule has 0 aromatic rings. The Kier molecular flexibility index (Phi) is 113. The average Bonchev–Trinajstić information content (AvgIpc) is 0.858. The Bertz CT molecular complexity index is 2040. The molecular formula is C90H168O21. The Balaban J connectivity index is -0.000000221. The van der Waals surface area contributed by atoms with E-state index in [0.717, 1.165) is 195 Å². The van der Waals surface area contributed by atoms with E-state index < -0.39 is 0 Å². The van der Waals surface area contributed by atoms with E-state index in [-0.39, 0.29) is 54.1 Å². The third-order valence-electron chi connectivity index (χ3n) is 16.1. The molecule has 0 radical (unpaired) electrons. The van der Waals surface area contributed by atoms with Gasteiger partial charge in [0.15, 0.2) is 11.6 Å². The number of allylic oxidation sites excluding steroid dienone is 1. The molecule has 2 aliphatic rings. The summed E-state index contributed by atoms with van der Waals surface area (Å²) in [5.41, 5.74) is 0.379. The summed E-state index contributed by atoms with van der Waals surface area (Å²) >= 11 is 0. The Morgan fingerprint density at radius 3 is 0.919 bits per heavy atom. The minimum atomic E-state index is -0.359. The van der Waals surface area contributed by atoms with E-state index in [4.69, 9.17) is 71.1 Å². The number of hydrogen-bond donors (Lipinski definition) is 0. The van der Waals surface area contributed by atoms with Crippen LogP contribution in [-0.2, 0) is 99.8 Å². The minimum absolute atomic E-state index is 0.0315. The Morgan fingerprint density at radius 1 is 0.306 bits per heavy atom. The maximum absolute atomic E-state index is 11.3. The number of hydrogen-bond acceptors (Lipinski definition) is 21. The second kappa shape index (κ2) is 105. The number of unbranched alkanes of at least 4 members (excludes halogenated alkanes) is 26. The van der Waals surface area contributed by atoms with Gasteiger partial charge in [0.25, 0.3) is 0 Å². The van der Waals surface area contributed by atoms with Gasteiger partial charge in [-0.1, -0.05) is 195 Å². The van der Waals surface area contributed by atoms with E-state index in [2.05, 4.69) is 80.7 Å². The molecule has 654 valence electrons. The Labute approximate surface area is 678 Å². The molecule has 21 nitrogen and oxygen atoms in total. The third kappa shape index (κ3) is 114. The molecule has 2 fully saturated rings. The highest BCUT2D eigenvalue weighted by molar-refractivity contribution is 5.90. The fraction of sp³-hybridized carbons (Fsp3) is 0.778. The SMILES string of the molecule is C=CC(=O)COCCCCCC.C=CC(=O)COCCCCCCCC.C=CC(=O)OCCCCCCCCOC.C=CC(=O)OCCCCCCOC.C=CC(=O)OCCCCOC.C=CCCCCCCOC.C=CCCOC.CCCCCCC(=O)OCC1(C)COC1.CCOCCCCCOCC1(C)COC1. The highest BCUT2D eigenvalue weighted by atomic mass is 16.6. The van der Waals surface area contributed by atoms with Gasteiger partial charge in [-0.3, -0.25) is 14.4 Å². The van der Waals surface area contributed by atoms with Crippen molar-refractivity contribution in [3.63, 3.8) is 0 Å². The Hall–Kier alpha value is -5.04. The third-order valence-corrected chi connectivity index (χ3v) is 16.1. The van der Waals surface area contributed by atoms with Crippen LogP contribution >= 0.6 is 0 Å². The van der Waals surface area contributed by atoms with Crippen molar-refractivity contribution in [1.82, 2.24) is 0 Å². The second-order valence-electron chi connectivity index (χ2n) is 27.6. The normalized spacial score (nSPS) is 12.0. The van der Waals surface area contributed by atoms with Crippen LogP contribution in [0.2, 0.25) is 0 Å². The van der Waals surface area contributed by atoms with Crippen LogP contribution in [0.3, 0.4) is 0 Å². The highest BCUT2D eigenvalue weighted by Crippen LogP contribution is 2.27. The van der Waals surface area contributed by atoms with Gasteiger partial charge >= 0.3 is 23.9 Å². The van der Waals surface area contributed by atoms with Gasteiger partial charge in [0.05, 0.1) is 52.9 Å². The van der Waals surface area contributed by atoms with Crippen LogP contribution in [-0.4, -0.2) is 210 Å². The highest BCUT2D eigenvalue weighted by Gasteiger charge is 2.35. The molecule has 0 atom stereocenters. The molecule has 111 heavy (non-hydrogen) atoms. The zero-order chi connectivity index (χ0) is 84.3. The van der Waals surface area contributed by atoms with Gasteiger partial charge in [-0.2, -0.15) is 0 Å². The lowest BCUT2D eigenvalue weighted by molar-refractivity contribution is -0.165. The van der Waals surface area contributed by atoms with Gasteiger partial charge in [-0.05, 0) is 128 Å². The van der Waals surface area contributed by atoms with Crippen molar-refractivity contribution in [3.05, 3.63) is 88.6 Å². The molecule has 2 saturated heterocycles. The second-order valence-corrected chi connectivity index (χ2v) is 27.6. The summed E-state index contributed by atoms with van der Waals surface area (Å²) in [4.78, 5) is 64.5. The molecule has 0 aromatic carbocycles. The zero-order valence-corrected chi connectivity index (χ0v) is 72.9. The smallest absolute Gasteiger partial charge is 0.330 e. The first-order valence-corrected chi connectivity index (χ1v) is 41.8. The molecule has 0 amide bonds. The molecule has 0 bridgehead atoms. The van der Waals surface area contributed by atoms with E-state index in [1.54, 1.807) is 35.5 Å². The van der Waals surface area contributed by atoms with Crippen LogP contribution in [0.4, 0.5) is 0 Å². The standard InChI is InChI=1S/C12H24O3.2C12H22O3.C12H22O2.C10H18O3.C10H18O2.C9H18O.C8H14O3.C5H10O/c1-3-13-7-5-4-6-8-14-9-12(2)10-15-11-12;1-3-4-5-6-7-11(13)15-10-12(2)8-14-9-12;1-3-12(13)15-11-9-7-5-4-6-8-10-14-2;1-3-5-6-7-8-9-10-14-11-12(13)4-2;1-3-10(11)13-9-7-5-4-6-8-12-2;1-3-5-6-7-8-12-9-10(11)4-2;1-3-4-5-6-7-8-9-10-2;1-3-8(9)11-7-5-4-6-10-2;1-3-4-5-6-2/h3-11H2,1-2H3;3-10H2,1-2H3;3H,1,4-11H2,2H3;4H,2-3,5-11H2,1H3;3H,1,4-9H2,2H3;4H,2-3,5-9H2,1H3;3H,1,4-9H2,2H3;3H,1,4-7H2,2H3;3H,1,4-5H2,2H3. The molecule has 0 N–H and O–H groups in total. The van der Waals surface area contributed by atoms with Gasteiger partial charge in [-0.15, -0.1) is 13.2 Å². The molecule has 21 heteroatoms. The van der Waals surface area contributed by atoms with E-state index in [9.17, 15) is 28.8 Å². The maximum atomic E-state index is 11.3. The maximum Gasteiger partial charge on any atom is 0.330 e. The first-order valence-electron chi connectivity index (χ1n) is 41.8. The van der Waals surface area contributed by atoms with Crippen LogP contribution in [0, 0.1) is 10.8 Å². The van der Waals surface area contributed by atoms with Crippen LogP contribution < -0.4 is 0 Å².